The van der Waals surface area contributed by atoms with Crippen molar-refractivity contribution in [2.75, 3.05) is 31.1 Å². The van der Waals surface area contributed by atoms with Crippen molar-refractivity contribution in [1.29, 1.82) is 0 Å². The summed E-state index contributed by atoms with van der Waals surface area (Å²) in [5.74, 6) is -1.97. The van der Waals surface area contributed by atoms with Crippen molar-refractivity contribution in [2.45, 2.75) is 32.9 Å². The van der Waals surface area contributed by atoms with Gasteiger partial charge in [-0.1, -0.05) is 6.07 Å². The minimum absolute atomic E-state index is 0.102. The molecule has 0 bridgehead atoms. The van der Waals surface area contributed by atoms with Crippen LogP contribution in [0.3, 0.4) is 0 Å². The molecule has 0 saturated carbocycles. The second kappa shape index (κ2) is 9.44. The Balaban J connectivity index is 1.34. The third-order valence-electron chi connectivity index (χ3n) is 6.76. The van der Waals surface area contributed by atoms with Gasteiger partial charge in [-0.15, -0.1) is 10.2 Å². The first kappa shape index (κ1) is 24.6. The van der Waals surface area contributed by atoms with Gasteiger partial charge in [-0.05, 0) is 62.5 Å². The molecule has 0 amide bonds. The molecule has 2 aromatic carbocycles. The highest BCUT2D eigenvalue weighted by atomic mass is 32.1. The van der Waals surface area contributed by atoms with E-state index < -0.39 is 18.1 Å². The van der Waals surface area contributed by atoms with E-state index in [4.69, 9.17) is 16.6 Å². The summed E-state index contributed by atoms with van der Waals surface area (Å²) in [6.07, 6.45) is -2.91. The van der Waals surface area contributed by atoms with Crippen molar-refractivity contribution in [1.82, 2.24) is 20.0 Å². The van der Waals surface area contributed by atoms with E-state index in [-0.39, 0.29) is 29.2 Å². The van der Waals surface area contributed by atoms with Crippen LogP contribution in [0.15, 0.2) is 46.9 Å². The van der Waals surface area contributed by atoms with Gasteiger partial charge in [0.15, 0.2) is 5.11 Å². The fourth-order valence-corrected chi connectivity index (χ4v) is 5.06. The maximum absolute atomic E-state index is 15.1. The summed E-state index contributed by atoms with van der Waals surface area (Å²) < 4.78 is 59.2. The van der Waals surface area contributed by atoms with E-state index in [1.54, 1.807) is 17.0 Å². The maximum atomic E-state index is 15.1. The zero-order chi connectivity index (χ0) is 25.6. The Bertz CT molecular complexity index is 1250. The van der Waals surface area contributed by atoms with E-state index in [9.17, 15) is 13.2 Å². The monoisotopic (exact) mass is 519 g/mol. The summed E-state index contributed by atoms with van der Waals surface area (Å²) in [6.45, 7) is 8.15. The molecular formula is C25H25F4N5OS. The minimum atomic E-state index is -2.91. The molecule has 2 aliphatic heterocycles. The van der Waals surface area contributed by atoms with Gasteiger partial charge in [0, 0.05) is 54.5 Å². The number of likely N-dealkylation sites (tertiary alicyclic amines) is 2. The topological polar surface area (TPSA) is 48.6 Å². The van der Waals surface area contributed by atoms with E-state index in [0.29, 0.717) is 22.4 Å². The van der Waals surface area contributed by atoms with Gasteiger partial charge >= 0.3 is 6.43 Å². The second-order valence-corrected chi connectivity index (χ2v) is 10.1. The highest BCUT2D eigenvalue weighted by molar-refractivity contribution is 7.80. The van der Waals surface area contributed by atoms with Gasteiger partial charge in [0.25, 0.3) is 5.89 Å². The third-order valence-corrected chi connectivity index (χ3v) is 7.23. The van der Waals surface area contributed by atoms with Gasteiger partial charge in [-0.2, -0.15) is 8.78 Å². The number of halogens is 4. The molecule has 190 valence electrons. The number of nitrogens with zero attached hydrogens (tertiary/aromatic N) is 5. The molecule has 1 aromatic heterocycles. The number of hydrogen-bond acceptors (Lipinski definition) is 5. The van der Waals surface area contributed by atoms with E-state index in [1.807, 2.05) is 0 Å². The molecule has 0 radical (unpaired) electrons. The Kier molecular flexibility index (Phi) is 6.46. The van der Waals surface area contributed by atoms with Crippen LogP contribution in [0.5, 0.6) is 0 Å². The first-order chi connectivity index (χ1) is 17.1. The predicted molar refractivity (Wildman–Crippen MR) is 131 cm³/mol. The lowest BCUT2D eigenvalue weighted by molar-refractivity contribution is -0.0993. The molecule has 36 heavy (non-hydrogen) atoms. The van der Waals surface area contributed by atoms with Crippen LogP contribution in [0.2, 0.25) is 0 Å². The van der Waals surface area contributed by atoms with E-state index >= 15 is 4.39 Å². The summed E-state index contributed by atoms with van der Waals surface area (Å²) in [5.41, 5.74) is 1.39. The molecular weight excluding hydrogens is 494 g/mol. The number of benzene rings is 2. The molecule has 0 aliphatic carbocycles. The Morgan fingerprint density at radius 3 is 2.33 bits per heavy atom. The van der Waals surface area contributed by atoms with Gasteiger partial charge in [-0.3, -0.25) is 4.90 Å². The first-order valence-electron chi connectivity index (χ1n) is 11.6. The summed E-state index contributed by atoms with van der Waals surface area (Å²) in [5, 5.41) is 7.39. The molecule has 3 heterocycles. The van der Waals surface area contributed by atoms with Crippen LogP contribution in [0.4, 0.5) is 23.2 Å². The summed E-state index contributed by atoms with van der Waals surface area (Å²) >= 11 is 5.81. The van der Waals surface area contributed by atoms with Crippen LogP contribution >= 0.6 is 12.2 Å². The fraction of sp³-hybridized carbons (Fsp3) is 0.400. The Morgan fingerprint density at radius 1 is 1.06 bits per heavy atom. The average Bonchev–Trinajstić information content (AvgIpc) is 3.27. The normalized spacial score (nSPS) is 16.9. The van der Waals surface area contributed by atoms with Crippen molar-refractivity contribution in [3.8, 4) is 11.5 Å². The molecule has 11 heteroatoms. The van der Waals surface area contributed by atoms with E-state index in [1.165, 1.54) is 24.3 Å². The lowest BCUT2D eigenvalue weighted by Gasteiger charge is -2.62. The van der Waals surface area contributed by atoms with Gasteiger partial charge in [0.05, 0.1) is 6.54 Å². The first-order valence-corrected chi connectivity index (χ1v) is 12.0. The molecule has 0 unspecified atom stereocenters. The van der Waals surface area contributed by atoms with Crippen molar-refractivity contribution < 1.29 is 22.0 Å². The number of anilines is 1. The average molecular weight is 520 g/mol. The summed E-state index contributed by atoms with van der Waals surface area (Å²) in [4.78, 5) is 6.29. The van der Waals surface area contributed by atoms with Crippen molar-refractivity contribution in [3.63, 3.8) is 0 Å². The Morgan fingerprint density at radius 2 is 1.75 bits per heavy atom. The number of thiocarbonyl (C=S) groups is 1. The van der Waals surface area contributed by atoms with Crippen molar-refractivity contribution in [3.05, 3.63) is 65.6 Å². The summed E-state index contributed by atoms with van der Waals surface area (Å²) in [6, 6.07) is 10.6. The molecule has 0 atom stereocenters. The zero-order valence-electron chi connectivity index (χ0n) is 19.8. The molecule has 2 saturated heterocycles. The largest absolute Gasteiger partial charge is 0.415 e. The Labute approximate surface area is 211 Å². The second-order valence-electron chi connectivity index (χ2n) is 9.75. The van der Waals surface area contributed by atoms with Crippen molar-refractivity contribution >= 4 is 23.0 Å². The smallest absolute Gasteiger partial charge is 0.314 e. The highest BCUT2D eigenvalue weighted by Gasteiger charge is 2.53. The van der Waals surface area contributed by atoms with Gasteiger partial charge in [0.2, 0.25) is 5.89 Å². The molecule has 1 spiro atoms. The van der Waals surface area contributed by atoms with E-state index in [0.717, 1.165) is 32.2 Å². The zero-order valence-corrected chi connectivity index (χ0v) is 20.6. The Hall–Kier alpha value is -3.05. The predicted octanol–water partition coefficient (Wildman–Crippen LogP) is 5.27. The third kappa shape index (κ3) is 4.69. The molecule has 3 aromatic rings. The van der Waals surface area contributed by atoms with Crippen molar-refractivity contribution in [2.24, 2.45) is 5.41 Å². The highest BCUT2D eigenvalue weighted by Crippen LogP contribution is 2.41. The lowest BCUT2D eigenvalue weighted by atomic mass is 9.72. The van der Waals surface area contributed by atoms with Crippen LogP contribution in [-0.2, 0) is 6.54 Å². The minimum Gasteiger partial charge on any atom is -0.415 e. The molecule has 0 N–H and O–H groups in total. The molecule has 5 rings (SSSR count). The molecule has 2 aliphatic rings. The molecule has 2 fully saturated rings. The summed E-state index contributed by atoms with van der Waals surface area (Å²) in [7, 11) is 0. The van der Waals surface area contributed by atoms with Crippen LogP contribution in [-0.4, -0.2) is 57.3 Å². The fourth-order valence-electron chi connectivity index (χ4n) is 4.76. The van der Waals surface area contributed by atoms with E-state index in [2.05, 4.69) is 33.8 Å². The van der Waals surface area contributed by atoms with Crippen LogP contribution in [0.25, 0.3) is 11.5 Å². The number of hydrogen-bond donors (Lipinski definition) is 0. The van der Waals surface area contributed by atoms with Crippen LogP contribution in [0, 0.1) is 17.0 Å². The van der Waals surface area contributed by atoms with Gasteiger partial charge in [-0.25, -0.2) is 8.78 Å². The number of alkyl halides is 2. The van der Waals surface area contributed by atoms with Gasteiger partial charge in [0.1, 0.15) is 11.6 Å². The number of rotatable bonds is 6. The van der Waals surface area contributed by atoms with Crippen LogP contribution < -0.4 is 4.90 Å². The van der Waals surface area contributed by atoms with Gasteiger partial charge < -0.3 is 14.2 Å². The van der Waals surface area contributed by atoms with Crippen LogP contribution in [0.1, 0.15) is 31.7 Å². The maximum Gasteiger partial charge on any atom is 0.314 e. The lowest BCUT2D eigenvalue weighted by Crippen LogP contribution is -2.74. The number of aromatic nitrogens is 2. The quantitative estimate of drug-likeness (QED) is 0.325. The SMILES string of the molecule is CC(C)N1CC2(CN(C(=S)N(Cc3ccc(-c4nnc(C(F)F)o4)cc3F)c3ccc(F)cc3)C2)C1. The standard InChI is InChI=1S/C25H25F4N5OS/c1-15(2)32-11-25(12-32)13-33(14-25)24(36)34(19-7-5-18(26)6-8-19)10-17-4-3-16(9-20(17)27)22-30-31-23(35-22)21(28)29/h3-9,15,21H,10-14H2,1-2H3. The molecule has 6 nitrogen and oxygen atoms in total.